The van der Waals surface area contributed by atoms with Crippen LogP contribution in [0.25, 0.3) is 5.69 Å². The van der Waals surface area contributed by atoms with Gasteiger partial charge in [0.1, 0.15) is 10.6 Å². The molecule has 1 amide bonds. The van der Waals surface area contributed by atoms with E-state index in [-0.39, 0.29) is 34.3 Å². The van der Waals surface area contributed by atoms with Gasteiger partial charge in [-0.05, 0) is 31.2 Å². The van der Waals surface area contributed by atoms with Gasteiger partial charge in [0.05, 0.1) is 23.4 Å². The van der Waals surface area contributed by atoms with Gasteiger partial charge in [-0.2, -0.15) is 5.10 Å². The average Bonchev–Trinajstić information content (AvgIpc) is 3.12. The number of nitrogens with zero attached hydrogens (tertiary/aromatic N) is 3. The molecule has 0 spiro atoms. The minimum Gasteiger partial charge on any atom is -0.462 e. The van der Waals surface area contributed by atoms with Crippen molar-refractivity contribution in [2.45, 2.75) is 6.92 Å². The van der Waals surface area contributed by atoms with E-state index >= 15 is 0 Å². The molecule has 9 nitrogen and oxygen atoms in total. The number of halogens is 1. The van der Waals surface area contributed by atoms with Crippen molar-refractivity contribution in [3.63, 3.8) is 0 Å². The summed E-state index contributed by atoms with van der Waals surface area (Å²) in [5.41, 5.74) is 0.443. The Balaban J connectivity index is 1.99. The van der Waals surface area contributed by atoms with Crippen molar-refractivity contribution in [1.82, 2.24) is 9.78 Å². The maximum absolute atomic E-state index is 12.7. The standard InChI is InChI=1S/C19H15ClN4O5/c1-2-29-19(26)14-11-21-23(13-6-4-3-5-7-13)17(14)22-18(25)12-8-9-16(24(27)28)15(20)10-12/h3-11H,2H2,1H3,(H,22,25). The smallest absolute Gasteiger partial charge is 0.343 e. The fourth-order valence-electron chi connectivity index (χ4n) is 2.57. The molecule has 0 radical (unpaired) electrons. The number of esters is 1. The number of hydrogen-bond acceptors (Lipinski definition) is 6. The number of amides is 1. The Morgan fingerprint density at radius 2 is 1.97 bits per heavy atom. The number of carbonyl (C=O) groups excluding carboxylic acids is 2. The van der Waals surface area contributed by atoms with Crippen molar-refractivity contribution in [2.75, 3.05) is 11.9 Å². The molecule has 2 aromatic carbocycles. The number of benzene rings is 2. The van der Waals surface area contributed by atoms with Crippen molar-refractivity contribution >= 4 is 35.0 Å². The quantitative estimate of drug-likeness (QED) is 0.372. The summed E-state index contributed by atoms with van der Waals surface area (Å²) in [5.74, 6) is -1.16. The molecule has 3 rings (SSSR count). The van der Waals surface area contributed by atoms with Crippen LogP contribution in [0.5, 0.6) is 0 Å². The van der Waals surface area contributed by atoms with Crippen LogP contribution < -0.4 is 5.32 Å². The van der Waals surface area contributed by atoms with Gasteiger partial charge in [0.15, 0.2) is 5.82 Å². The Kier molecular flexibility index (Phi) is 5.89. The molecule has 1 heterocycles. The third-order valence-electron chi connectivity index (χ3n) is 3.90. The minimum atomic E-state index is -0.647. The molecule has 0 aliphatic carbocycles. The summed E-state index contributed by atoms with van der Waals surface area (Å²) in [5, 5.41) is 17.5. The van der Waals surface area contributed by atoms with Crippen LogP contribution in [0.1, 0.15) is 27.6 Å². The predicted molar refractivity (Wildman–Crippen MR) is 106 cm³/mol. The third kappa shape index (κ3) is 4.25. The topological polar surface area (TPSA) is 116 Å². The van der Waals surface area contributed by atoms with Crippen LogP contribution in [0, 0.1) is 10.1 Å². The summed E-state index contributed by atoms with van der Waals surface area (Å²) in [7, 11) is 0. The van der Waals surface area contributed by atoms with Gasteiger partial charge in [-0.3, -0.25) is 14.9 Å². The molecule has 148 valence electrons. The number of rotatable bonds is 6. The summed E-state index contributed by atoms with van der Waals surface area (Å²) in [6.07, 6.45) is 1.30. The van der Waals surface area contributed by atoms with Gasteiger partial charge in [-0.1, -0.05) is 29.8 Å². The van der Waals surface area contributed by atoms with Crippen LogP contribution in [0.4, 0.5) is 11.5 Å². The average molecular weight is 415 g/mol. The fourth-order valence-corrected chi connectivity index (χ4v) is 2.82. The van der Waals surface area contributed by atoms with Gasteiger partial charge in [0, 0.05) is 11.6 Å². The minimum absolute atomic E-state index is 0.0667. The van der Waals surface area contributed by atoms with Crippen molar-refractivity contribution in [1.29, 1.82) is 0 Å². The molecule has 0 bridgehead atoms. The van der Waals surface area contributed by atoms with E-state index < -0.39 is 16.8 Å². The fraction of sp³-hybridized carbons (Fsp3) is 0.105. The summed E-state index contributed by atoms with van der Waals surface area (Å²) < 4.78 is 6.41. The molecule has 1 N–H and O–H groups in total. The summed E-state index contributed by atoms with van der Waals surface area (Å²) in [6.45, 7) is 1.82. The first-order valence-corrected chi connectivity index (χ1v) is 8.86. The van der Waals surface area contributed by atoms with Crippen LogP contribution in [0.3, 0.4) is 0 Å². The lowest BCUT2D eigenvalue weighted by Gasteiger charge is -2.11. The van der Waals surface area contributed by atoms with Crippen molar-refractivity contribution in [2.24, 2.45) is 0 Å². The van der Waals surface area contributed by atoms with Gasteiger partial charge in [-0.25, -0.2) is 9.48 Å². The van der Waals surface area contributed by atoms with E-state index in [4.69, 9.17) is 16.3 Å². The number of hydrogen-bond donors (Lipinski definition) is 1. The van der Waals surface area contributed by atoms with Crippen molar-refractivity contribution in [3.8, 4) is 5.69 Å². The molecule has 0 atom stereocenters. The zero-order chi connectivity index (χ0) is 21.0. The second kappa shape index (κ2) is 8.53. The number of anilines is 1. The van der Waals surface area contributed by atoms with Crippen molar-refractivity contribution in [3.05, 3.63) is 81.0 Å². The number of nitro groups is 1. The number of nitro benzene ring substituents is 1. The van der Waals surface area contributed by atoms with Gasteiger partial charge in [0.2, 0.25) is 0 Å². The molecule has 3 aromatic rings. The molecule has 1 aromatic heterocycles. The molecule has 0 aliphatic heterocycles. The number of carbonyl (C=O) groups is 2. The van der Waals surface area contributed by atoms with E-state index in [2.05, 4.69) is 10.4 Å². The van der Waals surface area contributed by atoms with Gasteiger partial charge >= 0.3 is 5.97 Å². The highest BCUT2D eigenvalue weighted by molar-refractivity contribution is 6.33. The first-order valence-electron chi connectivity index (χ1n) is 8.48. The maximum Gasteiger partial charge on any atom is 0.343 e. The first kappa shape index (κ1) is 20.0. The Morgan fingerprint density at radius 1 is 1.24 bits per heavy atom. The largest absolute Gasteiger partial charge is 0.462 e. The first-order chi connectivity index (χ1) is 13.9. The molecule has 0 unspecified atom stereocenters. The van der Waals surface area contributed by atoms with Crippen molar-refractivity contribution < 1.29 is 19.2 Å². The van der Waals surface area contributed by atoms with Crippen LogP contribution in [-0.4, -0.2) is 33.2 Å². The number of aromatic nitrogens is 2. The normalized spacial score (nSPS) is 10.4. The summed E-state index contributed by atoms with van der Waals surface area (Å²) in [4.78, 5) is 35.3. The Labute approximate surface area is 170 Å². The second-order valence-electron chi connectivity index (χ2n) is 5.75. The van der Waals surface area contributed by atoms with Gasteiger partial charge in [0.25, 0.3) is 11.6 Å². The van der Waals surface area contributed by atoms with E-state index in [9.17, 15) is 19.7 Å². The predicted octanol–water partition coefficient (Wildman–Crippen LogP) is 3.86. The van der Waals surface area contributed by atoms with E-state index in [1.54, 1.807) is 31.2 Å². The zero-order valence-electron chi connectivity index (χ0n) is 15.2. The molecule has 10 heteroatoms. The highest BCUT2D eigenvalue weighted by atomic mass is 35.5. The highest BCUT2D eigenvalue weighted by Gasteiger charge is 2.23. The Morgan fingerprint density at radius 3 is 2.59 bits per heavy atom. The van der Waals surface area contributed by atoms with Crippen LogP contribution in [0.15, 0.2) is 54.7 Å². The van der Waals surface area contributed by atoms with Crippen LogP contribution in [-0.2, 0) is 4.74 Å². The second-order valence-corrected chi connectivity index (χ2v) is 6.16. The lowest BCUT2D eigenvalue weighted by atomic mass is 10.2. The van der Waals surface area contributed by atoms with E-state index in [0.717, 1.165) is 6.07 Å². The SMILES string of the molecule is CCOC(=O)c1cnn(-c2ccccc2)c1NC(=O)c1ccc([N+](=O)[O-])c(Cl)c1. The molecule has 29 heavy (non-hydrogen) atoms. The molecule has 0 aliphatic rings. The van der Waals surface area contributed by atoms with Crippen LogP contribution in [0.2, 0.25) is 5.02 Å². The Bertz CT molecular complexity index is 1080. The molecular formula is C19H15ClN4O5. The Hall–Kier alpha value is -3.72. The van der Waals surface area contributed by atoms with Gasteiger partial charge in [-0.15, -0.1) is 0 Å². The summed E-state index contributed by atoms with van der Waals surface area (Å²) in [6, 6.07) is 12.5. The van der Waals surface area contributed by atoms with E-state index in [1.807, 2.05) is 6.07 Å². The number of para-hydroxylation sites is 1. The molecule has 0 saturated heterocycles. The van der Waals surface area contributed by atoms with Crippen LogP contribution >= 0.6 is 11.6 Å². The molecular weight excluding hydrogens is 400 g/mol. The molecule has 0 fully saturated rings. The third-order valence-corrected chi connectivity index (χ3v) is 4.21. The van der Waals surface area contributed by atoms with Gasteiger partial charge < -0.3 is 10.1 Å². The highest BCUT2D eigenvalue weighted by Crippen LogP contribution is 2.26. The maximum atomic E-state index is 12.7. The number of ether oxygens (including phenoxy) is 1. The number of nitrogens with one attached hydrogen (secondary N) is 1. The summed E-state index contributed by atoms with van der Waals surface area (Å²) >= 11 is 5.89. The lowest BCUT2D eigenvalue weighted by molar-refractivity contribution is -0.384. The monoisotopic (exact) mass is 414 g/mol. The lowest BCUT2D eigenvalue weighted by Crippen LogP contribution is -2.18. The zero-order valence-corrected chi connectivity index (χ0v) is 15.9. The van der Waals surface area contributed by atoms with E-state index in [1.165, 1.54) is 23.0 Å². The van der Waals surface area contributed by atoms with E-state index in [0.29, 0.717) is 5.69 Å². The molecule has 0 saturated carbocycles.